The highest BCUT2D eigenvalue weighted by atomic mass is 16.3. The summed E-state index contributed by atoms with van der Waals surface area (Å²) in [4.78, 5) is 0. The third-order valence-corrected chi connectivity index (χ3v) is 3.30. The molecule has 2 N–H and O–H groups in total. The molecule has 0 saturated carbocycles. The Morgan fingerprint density at radius 3 is 2.07 bits per heavy atom. The first-order chi connectivity index (χ1) is 7.00. The number of aryl methyl sites for hydroxylation is 1. The third-order valence-electron chi connectivity index (χ3n) is 3.30. The predicted octanol–water partition coefficient (Wildman–Crippen LogP) is 2.84. The van der Waals surface area contributed by atoms with Crippen molar-refractivity contribution in [1.82, 2.24) is 0 Å². The fourth-order valence-electron chi connectivity index (χ4n) is 2.12. The molecule has 0 saturated heterocycles. The molecule has 0 heterocycles. The Balaban J connectivity index is 2.63. The van der Waals surface area contributed by atoms with Gasteiger partial charge < -0.3 is 10.2 Å². The maximum atomic E-state index is 9.94. The van der Waals surface area contributed by atoms with Gasteiger partial charge in [-0.05, 0) is 45.2 Å². The number of hydrogen-bond acceptors (Lipinski definition) is 2. The largest absolute Gasteiger partial charge is 0.508 e. The molecule has 0 aliphatic heterocycles. The lowest BCUT2D eigenvalue weighted by atomic mass is 9.85. The summed E-state index contributed by atoms with van der Waals surface area (Å²) in [5.74, 6) is 0.654. The Bertz CT molecular complexity index is 456. The van der Waals surface area contributed by atoms with Crippen molar-refractivity contribution < 1.29 is 10.2 Å². The molecule has 1 aliphatic carbocycles. The summed E-state index contributed by atoms with van der Waals surface area (Å²) >= 11 is 0. The lowest BCUT2D eigenvalue weighted by molar-refractivity contribution is 0.445. The van der Waals surface area contributed by atoms with Crippen LogP contribution in [0.4, 0.5) is 0 Å². The van der Waals surface area contributed by atoms with Crippen molar-refractivity contribution in [2.45, 2.75) is 33.6 Å². The van der Waals surface area contributed by atoms with Crippen molar-refractivity contribution in [1.29, 1.82) is 0 Å². The van der Waals surface area contributed by atoms with Crippen molar-refractivity contribution in [2.24, 2.45) is 0 Å². The van der Waals surface area contributed by atoms with E-state index >= 15 is 0 Å². The van der Waals surface area contributed by atoms with Crippen LogP contribution < -0.4 is 0 Å². The third kappa shape index (κ3) is 1.50. The number of rotatable bonds is 0. The highest BCUT2D eigenvalue weighted by Gasteiger charge is 2.20. The lowest BCUT2D eigenvalue weighted by Gasteiger charge is -2.22. The van der Waals surface area contributed by atoms with Gasteiger partial charge in [0.15, 0.2) is 0 Å². The highest BCUT2D eigenvalue weighted by Crippen LogP contribution is 2.38. The minimum atomic E-state index is 0.312. The first kappa shape index (κ1) is 10.1. The molecule has 0 fully saturated rings. The van der Waals surface area contributed by atoms with Crippen LogP contribution in [-0.4, -0.2) is 10.2 Å². The van der Waals surface area contributed by atoms with E-state index in [0.717, 1.165) is 29.5 Å². The van der Waals surface area contributed by atoms with Gasteiger partial charge in [-0.3, -0.25) is 0 Å². The van der Waals surface area contributed by atoms with Crippen LogP contribution in [0.2, 0.25) is 0 Å². The molecule has 1 aliphatic rings. The van der Waals surface area contributed by atoms with E-state index in [4.69, 9.17) is 0 Å². The number of aromatic hydroxyl groups is 2. The second-order valence-corrected chi connectivity index (χ2v) is 4.43. The first-order valence-corrected chi connectivity index (χ1v) is 5.19. The van der Waals surface area contributed by atoms with E-state index in [-0.39, 0.29) is 0 Å². The van der Waals surface area contributed by atoms with E-state index in [0.29, 0.717) is 11.5 Å². The van der Waals surface area contributed by atoms with Crippen LogP contribution in [0.5, 0.6) is 11.5 Å². The second kappa shape index (κ2) is 3.30. The van der Waals surface area contributed by atoms with E-state index in [1.807, 2.05) is 6.92 Å². The number of hydrogen-bond donors (Lipinski definition) is 2. The van der Waals surface area contributed by atoms with Crippen LogP contribution in [0.15, 0.2) is 17.2 Å². The first-order valence-electron chi connectivity index (χ1n) is 5.19. The number of fused-ring (bicyclic) bond motifs is 1. The standard InChI is InChI=1S/C13H16O2/c1-7-4-10-11(5-8(7)2)13(15)9(3)6-12(10)14/h6,14-15H,4-5H2,1-3H3. The van der Waals surface area contributed by atoms with Crippen LogP contribution in [0.3, 0.4) is 0 Å². The number of allylic oxidation sites excluding steroid dienone is 2. The van der Waals surface area contributed by atoms with E-state index in [1.54, 1.807) is 6.07 Å². The molecule has 80 valence electrons. The summed E-state index contributed by atoms with van der Waals surface area (Å²) in [6, 6.07) is 1.64. The fourth-order valence-corrected chi connectivity index (χ4v) is 2.12. The summed E-state index contributed by atoms with van der Waals surface area (Å²) in [6.07, 6.45) is 1.50. The Hall–Kier alpha value is -1.44. The Morgan fingerprint density at radius 1 is 0.933 bits per heavy atom. The molecule has 1 aromatic rings. The summed E-state index contributed by atoms with van der Waals surface area (Å²) in [5, 5.41) is 19.8. The van der Waals surface area contributed by atoms with Gasteiger partial charge in [0.2, 0.25) is 0 Å². The molecular weight excluding hydrogens is 188 g/mol. The zero-order valence-corrected chi connectivity index (χ0v) is 9.39. The Labute approximate surface area is 89.9 Å². The van der Waals surface area contributed by atoms with Gasteiger partial charge in [0.05, 0.1) is 0 Å². The molecule has 0 unspecified atom stereocenters. The van der Waals surface area contributed by atoms with Crippen molar-refractivity contribution in [3.05, 3.63) is 33.9 Å². The van der Waals surface area contributed by atoms with Crippen molar-refractivity contribution in [2.75, 3.05) is 0 Å². The summed E-state index contributed by atoms with van der Waals surface area (Å²) in [7, 11) is 0. The highest BCUT2D eigenvalue weighted by molar-refractivity contribution is 5.56. The monoisotopic (exact) mass is 204 g/mol. The zero-order chi connectivity index (χ0) is 11.2. The number of benzene rings is 1. The van der Waals surface area contributed by atoms with Gasteiger partial charge in [0.25, 0.3) is 0 Å². The maximum absolute atomic E-state index is 9.94. The molecule has 0 radical (unpaired) electrons. The molecule has 1 aromatic carbocycles. The van der Waals surface area contributed by atoms with Gasteiger partial charge in [0, 0.05) is 11.1 Å². The van der Waals surface area contributed by atoms with Crippen molar-refractivity contribution in [3.63, 3.8) is 0 Å². The summed E-state index contributed by atoms with van der Waals surface area (Å²) < 4.78 is 0. The predicted molar refractivity (Wildman–Crippen MR) is 60.3 cm³/mol. The van der Waals surface area contributed by atoms with E-state index in [1.165, 1.54) is 11.1 Å². The van der Waals surface area contributed by atoms with Gasteiger partial charge >= 0.3 is 0 Å². The van der Waals surface area contributed by atoms with Crippen molar-refractivity contribution in [3.8, 4) is 11.5 Å². The van der Waals surface area contributed by atoms with Crippen LogP contribution in [-0.2, 0) is 12.8 Å². The van der Waals surface area contributed by atoms with Gasteiger partial charge in [-0.2, -0.15) is 0 Å². The molecule has 2 rings (SSSR count). The molecule has 0 spiro atoms. The number of phenolic OH excluding ortho intramolecular Hbond substituents is 2. The van der Waals surface area contributed by atoms with Gasteiger partial charge in [-0.1, -0.05) is 11.1 Å². The number of phenols is 2. The molecule has 2 heteroatoms. The topological polar surface area (TPSA) is 40.5 Å². The SMILES string of the molecule is CC1=C(C)Cc2c(O)c(C)cc(O)c2C1. The Morgan fingerprint density at radius 2 is 1.47 bits per heavy atom. The average molecular weight is 204 g/mol. The van der Waals surface area contributed by atoms with Crippen LogP contribution in [0.1, 0.15) is 30.5 Å². The molecule has 0 bridgehead atoms. The van der Waals surface area contributed by atoms with Crippen molar-refractivity contribution >= 4 is 0 Å². The molecule has 15 heavy (non-hydrogen) atoms. The average Bonchev–Trinajstić information content (AvgIpc) is 2.18. The summed E-state index contributed by atoms with van der Waals surface area (Å²) in [6.45, 7) is 5.97. The Kier molecular flexibility index (Phi) is 2.22. The normalized spacial score (nSPS) is 15.4. The molecular formula is C13H16O2. The minimum Gasteiger partial charge on any atom is -0.508 e. The van der Waals surface area contributed by atoms with E-state index in [2.05, 4.69) is 13.8 Å². The van der Waals surface area contributed by atoms with Gasteiger partial charge in [-0.25, -0.2) is 0 Å². The van der Waals surface area contributed by atoms with Crippen LogP contribution in [0.25, 0.3) is 0 Å². The van der Waals surface area contributed by atoms with Gasteiger partial charge in [-0.15, -0.1) is 0 Å². The van der Waals surface area contributed by atoms with Crippen LogP contribution in [0, 0.1) is 6.92 Å². The smallest absolute Gasteiger partial charge is 0.122 e. The zero-order valence-electron chi connectivity index (χ0n) is 9.39. The quantitative estimate of drug-likeness (QED) is 0.504. The van der Waals surface area contributed by atoms with Crippen LogP contribution >= 0.6 is 0 Å². The van der Waals surface area contributed by atoms with E-state index < -0.39 is 0 Å². The molecule has 0 aromatic heterocycles. The molecule has 0 atom stereocenters. The molecule has 0 amide bonds. The second-order valence-electron chi connectivity index (χ2n) is 4.43. The minimum absolute atomic E-state index is 0.312. The summed E-state index contributed by atoms with van der Waals surface area (Å²) in [5.41, 5.74) is 5.12. The molecule has 2 nitrogen and oxygen atoms in total. The maximum Gasteiger partial charge on any atom is 0.122 e. The lowest BCUT2D eigenvalue weighted by Crippen LogP contribution is -2.07. The van der Waals surface area contributed by atoms with E-state index in [9.17, 15) is 10.2 Å². The fraction of sp³-hybridized carbons (Fsp3) is 0.385. The van der Waals surface area contributed by atoms with Gasteiger partial charge in [0.1, 0.15) is 11.5 Å².